The van der Waals surface area contributed by atoms with Gasteiger partial charge in [-0.25, -0.2) is 0 Å². The standard InChI is InChI=1S/C73H55N/c1-4-20-50(21-5-1)52-36-38-53(39-37-52)54-40-43-57(44-41-54)74(72-35-19-16-32-67(72)62-29-13-12-28-61(62)60-27-11-10-26-59(60)55-24-8-3-9-25-55)58-45-47-66-64-31-15-18-34-69(64)73(71(66)49-58)68-33-17-14-30-63(68)65-46-42-56(48-70(65)73)51-22-6-2-7-23-51/h2-3,6-19,22-50H,1,4-5,20-21H2. The minimum Gasteiger partial charge on any atom is -0.310 e. The Labute approximate surface area is 435 Å². The lowest BCUT2D eigenvalue weighted by atomic mass is 9.70. The molecule has 0 heterocycles. The summed E-state index contributed by atoms with van der Waals surface area (Å²) < 4.78 is 0. The van der Waals surface area contributed by atoms with Crippen molar-refractivity contribution in [1.29, 1.82) is 0 Å². The van der Waals surface area contributed by atoms with Crippen LogP contribution in [-0.4, -0.2) is 0 Å². The van der Waals surface area contributed by atoms with Crippen molar-refractivity contribution in [2.75, 3.05) is 4.90 Å². The van der Waals surface area contributed by atoms with E-state index < -0.39 is 5.41 Å². The second kappa shape index (κ2) is 18.4. The molecule has 3 aliphatic rings. The van der Waals surface area contributed by atoms with E-state index in [0.29, 0.717) is 5.92 Å². The Hall–Kier alpha value is -8.78. The molecule has 1 nitrogen and oxygen atoms in total. The fraction of sp³-hybridized carbons (Fsp3) is 0.0959. The molecule has 0 amide bonds. The summed E-state index contributed by atoms with van der Waals surface area (Å²) in [5.41, 5.74) is 26.8. The maximum Gasteiger partial charge on any atom is 0.0726 e. The minimum absolute atomic E-state index is 0.536. The Kier molecular flexibility index (Phi) is 10.9. The molecule has 1 fully saturated rings. The van der Waals surface area contributed by atoms with Crippen LogP contribution in [-0.2, 0) is 5.41 Å². The molecule has 0 saturated heterocycles. The molecule has 1 saturated carbocycles. The van der Waals surface area contributed by atoms with Crippen molar-refractivity contribution in [2.45, 2.75) is 43.4 Å². The molecule has 11 aromatic carbocycles. The van der Waals surface area contributed by atoms with Gasteiger partial charge in [-0.15, -0.1) is 0 Å². The minimum atomic E-state index is -0.536. The van der Waals surface area contributed by atoms with Gasteiger partial charge in [0, 0.05) is 16.9 Å². The number of rotatable bonds is 9. The summed E-state index contributed by atoms with van der Waals surface area (Å²) in [5, 5.41) is 0. The second-order valence-corrected chi connectivity index (χ2v) is 20.5. The monoisotopic (exact) mass is 945 g/mol. The lowest BCUT2D eigenvalue weighted by Crippen LogP contribution is -2.26. The van der Waals surface area contributed by atoms with E-state index in [1.165, 1.54) is 132 Å². The van der Waals surface area contributed by atoms with E-state index in [-0.39, 0.29) is 0 Å². The van der Waals surface area contributed by atoms with E-state index >= 15 is 0 Å². The van der Waals surface area contributed by atoms with Crippen LogP contribution in [0.15, 0.2) is 267 Å². The first-order valence-corrected chi connectivity index (χ1v) is 26.6. The highest BCUT2D eigenvalue weighted by atomic mass is 15.1. The topological polar surface area (TPSA) is 3.24 Å². The van der Waals surface area contributed by atoms with Crippen LogP contribution in [0.5, 0.6) is 0 Å². The van der Waals surface area contributed by atoms with E-state index in [4.69, 9.17) is 0 Å². The summed E-state index contributed by atoms with van der Waals surface area (Å²) >= 11 is 0. The quantitative estimate of drug-likeness (QED) is 0.139. The zero-order valence-corrected chi connectivity index (χ0v) is 41.5. The van der Waals surface area contributed by atoms with Gasteiger partial charge in [-0.2, -0.15) is 0 Å². The summed E-state index contributed by atoms with van der Waals surface area (Å²) in [6.45, 7) is 0. The van der Waals surface area contributed by atoms with Gasteiger partial charge < -0.3 is 4.90 Å². The van der Waals surface area contributed by atoms with Gasteiger partial charge in [0.2, 0.25) is 0 Å². The van der Waals surface area contributed by atoms with Crippen LogP contribution in [0.1, 0.15) is 65.8 Å². The molecule has 0 bridgehead atoms. The molecule has 352 valence electrons. The molecule has 0 aromatic heterocycles. The molecular formula is C73H55N. The zero-order chi connectivity index (χ0) is 49.0. The normalized spacial score (nSPS) is 15.3. The Balaban J connectivity index is 0.973. The van der Waals surface area contributed by atoms with Gasteiger partial charge in [0.15, 0.2) is 0 Å². The zero-order valence-electron chi connectivity index (χ0n) is 41.5. The molecule has 1 unspecified atom stereocenters. The fourth-order valence-electron chi connectivity index (χ4n) is 13.1. The average Bonchev–Trinajstić information content (AvgIpc) is 3.95. The van der Waals surface area contributed by atoms with Crippen molar-refractivity contribution in [3.63, 3.8) is 0 Å². The third-order valence-electron chi connectivity index (χ3n) is 16.5. The Bertz CT molecular complexity index is 3850. The lowest BCUT2D eigenvalue weighted by molar-refractivity contribution is 0.443. The number of benzene rings is 11. The molecule has 74 heavy (non-hydrogen) atoms. The van der Waals surface area contributed by atoms with Crippen LogP contribution in [0.3, 0.4) is 0 Å². The van der Waals surface area contributed by atoms with Crippen molar-refractivity contribution in [2.24, 2.45) is 0 Å². The number of anilines is 3. The van der Waals surface area contributed by atoms with E-state index in [1.807, 2.05) is 0 Å². The van der Waals surface area contributed by atoms with Gasteiger partial charge in [-0.3, -0.25) is 0 Å². The molecule has 14 rings (SSSR count). The van der Waals surface area contributed by atoms with E-state index in [0.717, 1.165) is 22.6 Å². The number of hydrogen-bond acceptors (Lipinski definition) is 1. The van der Waals surface area contributed by atoms with Gasteiger partial charge in [-0.05, 0) is 155 Å². The SMILES string of the molecule is c1ccc(-c2ccc3c(c2)C2(c4ccccc4-3)c3ccccc3-c3ccc(N(c4ccc(-c5ccc(C6CCCCC6)cc5)cc4)c4ccccc4-c4ccccc4-c4ccccc4-c4ccccc4)cc32)cc1. The Morgan fingerprint density at radius 2 is 0.689 bits per heavy atom. The highest BCUT2D eigenvalue weighted by molar-refractivity contribution is 6.00. The fourth-order valence-corrected chi connectivity index (χ4v) is 13.1. The van der Waals surface area contributed by atoms with Crippen molar-refractivity contribution in [3.05, 3.63) is 295 Å². The van der Waals surface area contributed by atoms with E-state index in [9.17, 15) is 0 Å². The molecule has 0 radical (unpaired) electrons. The molecule has 1 atom stereocenters. The lowest BCUT2D eigenvalue weighted by Gasteiger charge is -2.33. The van der Waals surface area contributed by atoms with Crippen molar-refractivity contribution >= 4 is 17.1 Å². The molecule has 1 heteroatoms. The predicted octanol–water partition coefficient (Wildman–Crippen LogP) is 19.9. The maximum atomic E-state index is 2.53. The maximum absolute atomic E-state index is 2.53. The van der Waals surface area contributed by atoms with Crippen LogP contribution >= 0.6 is 0 Å². The second-order valence-electron chi connectivity index (χ2n) is 20.5. The smallest absolute Gasteiger partial charge is 0.0726 e. The van der Waals surface area contributed by atoms with E-state index in [1.54, 1.807) is 0 Å². The van der Waals surface area contributed by atoms with Crippen molar-refractivity contribution in [3.8, 4) is 77.9 Å². The summed E-state index contributed by atoms with van der Waals surface area (Å²) in [4.78, 5) is 2.52. The largest absolute Gasteiger partial charge is 0.310 e. The number of para-hydroxylation sites is 1. The van der Waals surface area contributed by atoms with Gasteiger partial charge >= 0.3 is 0 Å². The highest BCUT2D eigenvalue weighted by Gasteiger charge is 2.52. The molecule has 0 N–H and O–H groups in total. The van der Waals surface area contributed by atoms with Crippen molar-refractivity contribution < 1.29 is 0 Å². The number of fused-ring (bicyclic) bond motifs is 10. The van der Waals surface area contributed by atoms with Crippen LogP contribution < -0.4 is 4.90 Å². The predicted molar refractivity (Wildman–Crippen MR) is 310 cm³/mol. The molecular weight excluding hydrogens is 891 g/mol. The summed E-state index contributed by atoms with van der Waals surface area (Å²) in [5.74, 6) is 0.683. The van der Waals surface area contributed by atoms with Crippen LogP contribution in [0, 0.1) is 0 Å². The molecule has 1 spiro atoms. The van der Waals surface area contributed by atoms with Crippen molar-refractivity contribution in [1.82, 2.24) is 0 Å². The van der Waals surface area contributed by atoms with Gasteiger partial charge in [-0.1, -0.05) is 250 Å². The van der Waals surface area contributed by atoms with Gasteiger partial charge in [0.25, 0.3) is 0 Å². The molecule has 3 aliphatic carbocycles. The molecule has 0 aliphatic heterocycles. The van der Waals surface area contributed by atoms with Gasteiger partial charge in [0.1, 0.15) is 0 Å². The van der Waals surface area contributed by atoms with E-state index in [2.05, 4.69) is 272 Å². The third kappa shape index (κ3) is 7.21. The Morgan fingerprint density at radius 3 is 1.32 bits per heavy atom. The van der Waals surface area contributed by atoms with Crippen LogP contribution in [0.4, 0.5) is 17.1 Å². The highest BCUT2D eigenvalue weighted by Crippen LogP contribution is 2.64. The summed E-state index contributed by atoms with van der Waals surface area (Å²) in [7, 11) is 0. The number of hydrogen-bond donors (Lipinski definition) is 0. The summed E-state index contributed by atoms with van der Waals surface area (Å²) in [6, 6.07) is 100. The number of nitrogens with zero attached hydrogens (tertiary/aromatic N) is 1. The van der Waals surface area contributed by atoms with Gasteiger partial charge in [0.05, 0.1) is 11.1 Å². The first kappa shape index (κ1) is 44.0. The third-order valence-corrected chi connectivity index (χ3v) is 16.5. The van der Waals surface area contributed by atoms with Crippen LogP contribution in [0.25, 0.3) is 77.9 Å². The average molecular weight is 946 g/mol. The summed E-state index contributed by atoms with van der Waals surface area (Å²) in [6.07, 6.45) is 6.66. The van der Waals surface area contributed by atoms with Crippen LogP contribution in [0.2, 0.25) is 0 Å². The Morgan fingerprint density at radius 1 is 0.270 bits per heavy atom. The first-order chi connectivity index (χ1) is 36.7. The molecule has 11 aromatic rings. The first-order valence-electron chi connectivity index (χ1n) is 26.6.